The van der Waals surface area contributed by atoms with Crippen molar-refractivity contribution in [2.45, 2.75) is 5.16 Å². The molecule has 1 N–H and O–H groups in total. The number of thioether (sulfide) groups is 1. The van der Waals surface area contributed by atoms with E-state index in [9.17, 15) is 10.1 Å². The summed E-state index contributed by atoms with van der Waals surface area (Å²) in [6.45, 7) is 0. The number of hydrogen-bond acceptors (Lipinski definition) is 5. The van der Waals surface area contributed by atoms with Gasteiger partial charge in [0.2, 0.25) is 0 Å². The minimum absolute atomic E-state index is 0.108. The monoisotopic (exact) mass is 447 g/mol. The third kappa shape index (κ3) is 3.63. The van der Waals surface area contributed by atoms with Crippen molar-refractivity contribution in [2.75, 3.05) is 6.26 Å². The predicted octanol–water partition coefficient (Wildman–Crippen LogP) is 5.24. The third-order valence-corrected chi connectivity index (χ3v) is 5.00. The van der Waals surface area contributed by atoms with Crippen LogP contribution >= 0.6 is 39.3 Å². The first-order chi connectivity index (χ1) is 12.5. The molecule has 1 aromatic heterocycles. The zero-order valence-corrected chi connectivity index (χ0v) is 16.6. The van der Waals surface area contributed by atoms with Crippen molar-refractivity contribution >= 4 is 39.3 Å². The number of hydrogen-bond donors (Lipinski definition) is 1. The van der Waals surface area contributed by atoms with Crippen LogP contribution in [0.3, 0.4) is 0 Å². The normalized spacial score (nSPS) is 10.4. The minimum Gasteiger partial charge on any atom is -0.455 e. The zero-order chi connectivity index (χ0) is 18.7. The highest BCUT2D eigenvalue weighted by Gasteiger charge is 2.22. The first-order valence-corrected chi connectivity index (χ1v) is 9.74. The first kappa shape index (κ1) is 18.5. The summed E-state index contributed by atoms with van der Waals surface area (Å²) in [7, 11) is 0. The number of rotatable bonds is 4. The van der Waals surface area contributed by atoms with Crippen molar-refractivity contribution in [3.8, 4) is 28.8 Å². The van der Waals surface area contributed by atoms with Gasteiger partial charge in [-0.3, -0.25) is 4.79 Å². The second-order valence-electron chi connectivity index (χ2n) is 5.06. The lowest BCUT2D eigenvalue weighted by Crippen LogP contribution is -2.15. The van der Waals surface area contributed by atoms with Gasteiger partial charge < -0.3 is 9.72 Å². The molecular weight excluding hydrogens is 438 g/mol. The van der Waals surface area contributed by atoms with Crippen molar-refractivity contribution in [3.63, 3.8) is 0 Å². The lowest BCUT2D eigenvalue weighted by molar-refractivity contribution is 0.484. The third-order valence-electron chi connectivity index (χ3n) is 3.46. The van der Waals surface area contributed by atoms with Gasteiger partial charge in [0.1, 0.15) is 23.1 Å². The maximum absolute atomic E-state index is 12.3. The SMILES string of the molecule is CSc1nc(-c2c(Br)ccc(Cl)c2Oc2ccccc2)c(C#N)c(=O)[nH]1. The number of ether oxygens (including phenoxy) is 1. The van der Waals surface area contributed by atoms with Crippen LogP contribution in [0.5, 0.6) is 11.5 Å². The molecule has 0 radical (unpaired) electrons. The molecule has 0 aliphatic rings. The molecule has 0 saturated heterocycles. The van der Waals surface area contributed by atoms with Gasteiger partial charge >= 0.3 is 0 Å². The summed E-state index contributed by atoms with van der Waals surface area (Å²) in [6.07, 6.45) is 1.78. The average Bonchev–Trinajstić information content (AvgIpc) is 2.65. The fourth-order valence-electron chi connectivity index (χ4n) is 2.29. The summed E-state index contributed by atoms with van der Waals surface area (Å²) in [4.78, 5) is 19.3. The molecule has 0 bridgehead atoms. The fourth-order valence-corrected chi connectivity index (χ4v) is 3.37. The number of halogens is 2. The summed E-state index contributed by atoms with van der Waals surface area (Å²) in [5.41, 5.74) is 0.0308. The van der Waals surface area contributed by atoms with Crippen LogP contribution in [0.25, 0.3) is 11.3 Å². The van der Waals surface area contributed by atoms with Crippen LogP contribution in [0.4, 0.5) is 0 Å². The summed E-state index contributed by atoms with van der Waals surface area (Å²) < 4.78 is 6.56. The van der Waals surface area contributed by atoms with Gasteiger partial charge in [0.15, 0.2) is 10.9 Å². The van der Waals surface area contributed by atoms with Crippen LogP contribution in [0, 0.1) is 11.3 Å². The van der Waals surface area contributed by atoms with Gasteiger partial charge in [0.25, 0.3) is 5.56 Å². The number of benzene rings is 2. The van der Waals surface area contributed by atoms with Crippen LogP contribution in [0.1, 0.15) is 5.56 Å². The Morgan fingerprint density at radius 1 is 1.27 bits per heavy atom. The Kier molecular flexibility index (Phi) is 5.67. The van der Waals surface area contributed by atoms with Crippen molar-refractivity contribution in [3.05, 3.63) is 67.9 Å². The van der Waals surface area contributed by atoms with Crippen LogP contribution < -0.4 is 10.3 Å². The largest absolute Gasteiger partial charge is 0.455 e. The lowest BCUT2D eigenvalue weighted by atomic mass is 10.1. The molecule has 26 heavy (non-hydrogen) atoms. The highest BCUT2D eigenvalue weighted by molar-refractivity contribution is 9.10. The Balaban J connectivity index is 2.30. The molecule has 0 saturated carbocycles. The van der Waals surface area contributed by atoms with E-state index in [2.05, 4.69) is 25.9 Å². The van der Waals surface area contributed by atoms with Gasteiger partial charge in [-0.1, -0.05) is 41.6 Å². The van der Waals surface area contributed by atoms with Gasteiger partial charge in [-0.15, -0.1) is 0 Å². The van der Waals surface area contributed by atoms with E-state index in [4.69, 9.17) is 16.3 Å². The second-order valence-corrected chi connectivity index (χ2v) is 7.12. The summed E-state index contributed by atoms with van der Waals surface area (Å²) in [5.74, 6) is 0.885. The van der Waals surface area contributed by atoms with E-state index in [1.54, 1.807) is 30.5 Å². The van der Waals surface area contributed by atoms with Crippen LogP contribution in [0.15, 0.2) is 56.9 Å². The number of para-hydroxylation sites is 1. The van der Waals surface area contributed by atoms with E-state index in [1.165, 1.54) is 11.8 Å². The molecule has 0 atom stereocenters. The second kappa shape index (κ2) is 7.96. The molecule has 1 heterocycles. The molecule has 0 spiro atoms. The summed E-state index contributed by atoms with van der Waals surface area (Å²) in [5, 5.41) is 10.2. The van der Waals surface area contributed by atoms with E-state index in [0.29, 0.717) is 31.7 Å². The van der Waals surface area contributed by atoms with Crippen LogP contribution in [-0.4, -0.2) is 16.2 Å². The van der Waals surface area contributed by atoms with Crippen molar-refractivity contribution in [2.24, 2.45) is 0 Å². The van der Waals surface area contributed by atoms with Crippen molar-refractivity contribution in [1.82, 2.24) is 9.97 Å². The topological polar surface area (TPSA) is 78.8 Å². The van der Waals surface area contributed by atoms with E-state index in [-0.39, 0.29) is 11.3 Å². The first-order valence-electron chi connectivity index (χ1n) is 7.34. The molecule has 5 nitrogen and oxygen atoms in total. The molecule has 0 aliphatic carbocycles. The lowest BCUT2D eigenvalue weighted by Gasteiger charge is -2.15. The molecule has 130 valence electrons. The summed E-state index contributed by atoms with van der Waals surface area (Å²) >= 11 is 11.1. The number of aromatic nitrogens is 2. The molecule has 0 unspecified atom stereocenters. The average molecular weight is 449 g/mol. The molecule has 0 amide bonds. The van der Waals surface area contributed by atoms with Crippen molar-refractivity contribution < 1.29 is 4.74 Å². The number of H-pyrrole nitrogens is 1. The van der Waals surface area contributed by atoms with Gasteiger partial charge in [-0.25, -0.2) is 4.98 Å². The van der Waals surface area contributed by atoms with Gasteiger partial charge in [0, 0.05) is 4.47 Å². The van der Waals surface area contributed by atoms with E-state index in [0.717, 1.165) is 0 Å². The maximum Gasteiger partial charge on any atom is 0.270 e. The Morgan fingerprint density at radius 2 is 2.00 bits per heavy atom. The summed E-state index contributed by atoms with van der Waals surface area (Å²) in [6, 6.07) is 14.4. The van der Waals surface area contributed by atoms with Gasteiger partial charge in [-0.05, 0) is 46.5 Å². The molecule has 3 aromatic rings. The smallest absolute Gasteiger partial charge is 0.270 e. The number of nitriles is 1. The zero-order valence-electron chi connectivity index (χ0n) is 13.4. The molecule has 2 aromatic carbocycles. The molecule has 8 heteroatoms. The van der Waals surface area contributed by atoms with E-state index >= 15 is 0 Å². The Morgan fingerprint density at radius 3 is 2.65 bits per heavy atom. The highest BCUT2D eigenvalue weighted by Crippen LogP contribution is 2.43. The Hall–Kier alpha value is -2.27. The van der Waals surface area contributed by atoms with Crippen molar-refractivity contribution in [1.29, 1.82) is 5.26 Å². The molecule has 0 aliphatic heterocycles. The predicted molar refractivity (Wildman–Crippen MR) is 106 cm³/mol. The Labute approximate surface area is 167 Å². The fraction of sp³-hybridized carbons (Fsp3) is 0.0556. The molecule has 0 fully saturated rings. The number of nitrogens with zero attached hydrogens (tertiary/aromatic N) is 2. The van der Waals surface area contributed by atoms with Crippen LogP contribution in [-0.2, 0) is 0 Å². The van der Waals surface area contributed by atoms with Gasteiger partial charge in [-0.2, -0.15) is 5.26 Å². The van der Waals surface area contributed by atoms with E-state index in [1.807, 2.05) is 24.3 Å². The molecular formula is C18H11BrClN3O2S. The quantitative estimate of drug-likeness (QED) is 0.436. The van der Waals surface area contributed by atoms with E-state index < -0.39 is 5.56 Å². The standard InChI is InChI=1S/C18H11BrClN3O2S/c1-26-18-22-15(11(9-21)17(24)23-18)14-12(19)7-8-13(20)16(14)25-10-5-3-2-4-6-10/h2-8H,1H3,(H,22,23,24). The number of nitrogens with one attached hydrogen (secondary N) is 1. The molecule has 3 rings (SSSR count). The maximum atomic E-state index is 12.3. The highest BCUT2D eigenvalue weighted by atomic mass is 79.9. The Bertz CT molecular complexity index is 1060. The van der Waals surface area contributed by atoms with Gasteiger partial charge in [0.05, 0.1) is 10.6 Å². The van der Waals surface area contributed by atoms with Crippen LogP contribution in [0.2, 0.25) is 5.02 Å². The minimum atomic E-state index is -0.514. The number of aromatic amines is 1.